The zero-order chi connectivity index (χ0) is 20.9. The van der Waals surface area contributed by atoms with Gasteiger partial charge in [-0.15, -0.1) is 21.5 Å². The number of thiophene rings is 1. The van der Waals surface area contributed by atoms with Crippen LogP contribution < -0.4 is 15.9 Å². The normalized spacial score (nSPS) is 10.7. The van der Waals surface area contributed by atoms with Gasteiger partial charge in [0.2, 0.25) is 11.1 Å². The van der Waals surface area contributed by atoms with E-state index in [0.717, 1.165) is 16.2 Å². The lowest BCUT2D eigenvalue weighted by atomic mass is 10.2. The predicted octanol–water partition coefficient (Wildman–Crippen LogP) is 4.55. The van der Waals surface area contributed by atoms with E-state index in [1.165, 1.54) is 27.8 Å². The highest BCUT2D eigenvalue weighted by atomic mass is 32.2. The molecule has 9 heteroatoms. The number of aromatic nitrogens is 3. The number of benzene rings is 2. The summed E-state index contributed by atoms with van der Waals surface area (Å²) in [5.74, 6) is 8.12. The van der Waals surface area contributed by atoms with Crippen molar-refractivity contribution in [3.05, 3.63) is 71.6 Å². The number of nitrogen functional groups attached to an aromatic ring is 1. The van der Waals surface area contributed by atoms with E-state index < -0.39 is 0 Å². The molecule has 0 saturated heterocycles. The lowest BCUT2D eigenvalue weighted by Gasteiger charge is -2.08. The Morgan fingerprint density at radius 1 is 1.13 bits per heavy atom. The van der Waals surface area contributed by atoms with Crippen LogP contribution in [-0.4, -0.2) is 26.5 Å². The van der Waals surface area contributed by atoms with Crippen LogP contribution in [0.2, 0.25) is 0 Å². The second-order valence-corrected chi connectivity index (χ2v) is 8.32. The van der Waals surface area contributed by atoms with E-state index in [-0.39, 0.29) is 11.7 Å². The molecule has 2 aromatic heterocycles. The number of ether oxygens (including phenoxy) is 1. The van der Waals surface area contributed by atoms with Gasteiger partial charge in [-0.3, -0.25) is 4.79 Å². The Balaban J connectivity index is 1.31. The van der Waals surface area contributed by atoms with Gasteiger partial charge in [0, 0.05) is 5.69 Å². The van der Waals surface area contributed by atoms with Crippen LogP contribution in [0.25, 0.3) is 10.7 Å². The number of nitrogens with two attached hydrogens (primary N) is 1. The maximum atomic E-state index is 12.3. The molecule has 0 aliphatic rings. The number of hydrogen-bond donors (Lipinski definition) is 2. The van der Waals surface area contributed by atoms with Gasteiger partial charge >= 0.3 is 0 Å². The average Bonchev–Trinajstić information content (AvgIpc) is 3.38. The van der Waals surface area contributed by atoms with Crippen LogP contribution in [-0.2, 0) is 4.79 Å². The molecule has 7 nitrogen and oxygen atoms in total. The molecule has 4 rings (SSSR count). The second-order valence-electron chi connectivity index (χ2n) is 6.43. The Kier molecular flexibility index (Phi) is 6.01. The minimum Gasteiger partial charge on any atom is -0.457 e. The van der Waals surface area contributed by atoms with Crippen LogP contribution in [0.5, 0.6) is 11.5 Å². The molecule has 4 aromatic rings. The summed E-state index contributed by atoms with van der Waals surface area (Å²) in [4.78, 5) is 13.2. The summed E-state index contributed by atoms with van der Waals surface area (Å²) in [7, 11) is 0. The molecule has 2 aromatic carbocycles. The van der Waals surface area contributed by atoms with Gasteiger partial charge in [-0.2, -0.15) is 0 Å². The Morgan fingerprint density at radius 3 is 2.70 bits per heavy atom. The Hall–Kier alpha value is -3.30. The van der Waals surface area contributed by atoms with Gasteiger partial charge in [-0.05, 0) is 60.3 Å². The lowest BCUT2D eigenvalue weighted by molar-refractivity contribution is -0.113. The SMILES string of the molecule is Cc1cccc(Oc2ccc(NC(=O)CSc3nnc(-c4cccs4)n3N)cc2)c1. The molecule has 30 heavy (non-hydrogen) atoms. The predicted molar refractivity (Wildman–Crippen MR) is 121 cm³/mol. The van der Waals surface area contributed by atoms with Gasteiger partial charge < -0.3 is 15.9 Å². The fourth-order valence-electron chi connectivity index (χ4n) is 2.70. The smallest absolute Gasteiger partial charge is 0.234 e. The molecule has 1 amide bonds. The number of nitrogens with one attached hydrogen (secondary N) is 1. The zero-order valence-corrected chi connectivity index (χ0v) is 17.7. The molecule has 0 unspecified atom stereocenters. The summed E-state index contributed by atoms with van der Waals surface area (Å²) in [6.07, 6.45) is 0. The molecule has 0 spiro atoms. The van der Waals surface area contributed by atoms with Crippen molar-refractivity contribution >= 4 is 34.7 Å². The molecule has 2 heterocycles. The van der Waals surface area contributed by atoms with E-state index in [1.54, 1.807) is 12.1 Å². The highest BCUT2D eigenvalue weighted by Crippen LogP contribution is 2.26. The van der Waals surface area contributed by atoms with Gasteiger partial charge in [0.1, 0.15) is 11.5 Å². The molecule has 0 atom stereocenters. The minimum absolute atomic E-state index is 0.159. The van der Waals surface area contributed by atoms with E-state index in [9.17, 15) is 4.79 Å². The van der Waals surface area contributed by atoms with Crippen molar-refractivity contribution in [1.29, 1.82) is 0 Å². The molecular weight excluding hydrogens is 418 g/mol. The summed E-state index contributed by atoms with van der Waals surface area (Å²) in [5, 5.41) is 13.5. The Bertz CT molecular complexity index is 1140. The summed E-state index contributed by atoms with van der Waals surface area (Å²) in [5.41, 5.74) is 1.82. The first-order valence-corrected chi connectivity index (χ1v) is 11.0. The Morgan fingerprint density at radius 2 is 1.97 bits per heavy atom. The van der Waals surface area contributed by atoms with Crippen molar-refractivity contribution in [2.75, 3.05) is 16.9 Å². The molecular formula is C21H19N5O2S2. The van der Waals surface area contributed by atoms with Gasteiger partial charge in [0.25, 0.3) is 0 Å². The lowest BCUT2D eigenvalue weighted by Crippen LogP contribution is -2.16. The highest BCUT2D eigenvalue weighted by molar-refractivity contribution is 7.99. The fraction of sp³-hybridized carbons (Fsp3) is 0.0952. The average molecular weight is 438 g/mol. The standard InChI is InChI=1S/C21H19N5O2S2/c1-14-4-2-5-17(12-14)28-16-9-7-15(8-10-16)23-19(27)13-30-21-25-24-20(26(21)22)18-6-3-11-29-18/h2-12H,13,22H2,1H3,(H,23,27). The molecule has 0 bridgehead atoms. The van der Waals surface area contributed by atoms with Gasteiger partial charge in [0.15, 0.2) is 5.82 Å². The van der Waals surface area contributed by atoms with Crippen molar-refractivity contribution in [1.82, 2.24) is 14.9 Å². The monoisotopic (exact) mass is 437 g/mol. The molecule has 0 radical (unpaired) electrons. The van der Waals surface area contributed by atoms with Crippen molar-refractivity contribution < 1.29 is 9.53 Å². The fourth-order valence-corrected chi connectivity index (χ4v) is 4.06. The third-order valence-electron chi connectivity index (χ3n) is 4.10. The van der Waals surface area contributed by atoms with E-state index >= 15 is 0 Å². The Labute approximate surface area is 181 Å². The van der Waals surface area contributed by atoms with Gasteiger partial charge in [-0.25, -0.2) is 4.68 Å². The van der Waals surface area contributed by atoms with E-state index in [4.69, 9.17) is 10.6 Å². The van der Waals surface area contributed by atoms with Crippen LogP contribution >= 0.6 is 23.1 Å². The quantitative estimate of drug-likeness (QED) is 0.325. The minimum atomic E-state index is -0.159. The van der Waals surface area contributed by atoms with E-state index in [1.807, 2.05) is 60.8 Å². The third kappa shape index (κ3) is 4.81. The van der Waals surface area contributed by atoms with Crippen molar-refractivity contribution in [3.63, 3.8) is 0 Å². The van der Waals surface area contributed by atoms with E-state index in [0.29, 0.717) is 22.4 Å². The van der Waals surface area contributed by atoms with Gasteiger partial charge in [0.05, 0.1) is 10.6 Å². The van der Waals surface area contributed by atoms with Crippen LogP contribution in [0.1, 0.15) is 5.56 Å². The van der Waals surface area contributed by atoms with Crippen molar-refractivity contribution in [2.45, 2.75) is 12.1 Å². The largest absolute Gasteiger partial charge is 0.457 e. The summed E-state index contributed by atoms with van der Waals surface area (Å²) in [6, 6.07) is 18.9. The number of carbonyl (C=O) groups excluding carboxylic acids is 1. The van der Waals surface area contributed by atoms with Crippen LogP contribution in [0, 0.1) is 6.92 Å². The number of rotatable bonds is 7. The van der Waals surface area contributed by atoms with E-state index in [2.05, 4.69) is 15.5 Å². The maximum Gasteiger partial charge on any atom is 0.234 e. The topological polar surface area (TPSA) is 95.1 Å². The summed E-state index contributed by atoms with van der Waals surface area (Å²) >= 11 is 2.76. The maximum absolute atomic E-state index is 12.3. The number of carbonyl (C=O) groups is 1. The number of thioether (sulfide) groups is 1. The first-order valence-electron chi connectivity index (χ1n) is 9.10. The molecule has 0 saturated carbocycles. The molecule has 3 N–H and O–H groups in total. The zero-order valence-electron chi connectivity index (χ0n) is 16.1. The summed E-state index contributed by atoms with van der Waals surface area (Å²) < 4.78 is 7.23. The molecule has 0 aliphatic carbocycles. The molecule has 152 valence electrons. The number of anilines is 1. The number of aryl methyl sites for hydroxylation is 1. The first-order chi connectivity index (χ1) is 14.6. The number of nitrogens with zero attached hydrogens (tertiary/aromatic N) is 3. The highest BCUT2D eigenvalue weighted by Gasteiger charge is 2.14. The van der Waals surface area contributed by atoms with Crippen molar-refractivity contribution in [3.8, 4) is 22.2 Å². The van der Waals surface area contributed by atoms with Crippen LogP contribution in [0.15, 0.2) is 71.2 Å². The molecule has 0 aliphatic heterocycles. The summed E-state index contributed by atoms with van der Waals surface area (Å²) in [6.45, 7) is 2.01. The second kappa shape index (κ2) is 9.02. The van der Waals surface area contributed by atoms with Crippen molar-refractivity contribution in [2.24, 2.45) is 0 Å². The number of amides is 1. The first kappa shape index (κ1) is 20.0. The third-order valence-corrected chi connectivity index (χ3v) is 5.91. The molecule has 0 fully saturated rings. The van der Waals surface area contributed by atoms with Gasteiger partial charge in [-0.1, -0.05) is 30.0 Å². The van der Waals surface area contributed by atoms with Crippen LogP contribution in [0.4, 0.5) is 5.69 Å². The van der Waals surface area contributed by atoms with Crippen LogP contribution in [0.3, 0.4) is 0 Å². The number of hydrogen-bond acceptors (Lipinski definition) is 7.